The van der Waals surface area contributed by atoms with Gasteiger partial charge in [0.1, 0.15) is 13.1 Å². The normalized spacial score (nSPS) is 11.6. The van der Waals surface area contributed by atoms with Gasteiger partial charge in [-0.1, -0.05) is 6.07 Å². The molecule has 0 bridgehead atoms. The van der Waals surface area contributed by atoms with Crippen LogP contribution in [0.2, 0.25) is 0 Å². The number of carboxylic acids is 2. The lowest BCUT2D eigenvalue weighted by Gasteiger charge is -2.19. The second-order valence-corrected chi connectivity index (χ2v) is 6.76. The van der Waals surface area contributed by atoms with Crippen molar-refractivity contribution in [1.82, 2.24) is 4.31 Å². The van der Waals surface area contributed by atoms with E-state index in [0.29, 0.717) is 4.31 Å². The first-order valence-electron chi connectivity index (χ1n) is 5.34. The van der Waals surface area contributed by atoms with E-state index < -0.39 is 35.1 Å². The second-order valence-electron chi connectivity index (χ2n) is 3.99. The fraction of sp³-hybridized carbons (Fsp3) is 0.273. The van der Waals surface area contributed by atoms with Crippen molar-refractivity contribution in [2.24, 2.45) is 0 Å². The lowest BCUT2D eigenvalue weighted by Crippen LogP contribution is -2.39. The maximum Gasteiger partial charge on any atom is 0.318 e. The molecule has 1 aromatic rings. The molecular formula is C11H12BrNO6S. The van der Waals surface area contributed by atoms with Gasteiger partial charge in [-0.05, 0) is 40.5 Å². The van der Waals surface area contributed by atoms with Crippen LogP contribution in [0.1, 0.15) is 5.56 Å². The van der Waals surface area contributed by atoms with E-state index in [1.165, 1.54) is 12.1 Å². The molecule has 0 atom stereocenters. The molecule has 0 heterocycles. The quantitative estimate of drug-likeness (QED) is 0.774. The van der Waals surface area contributed by atoms with Gasteiger partial charge < -0.3 is 10.2 Å². The number of hydrogen-bond donors (Lipinski definition) is 2. The molecule has 20 heavy (non-hydrogen) atoms. The highest BCUT2D eigenvalue weighted by Gasteiger charge is 2.30. The van der Waals surface area contributed by atoms with Gasteiger partial charge in [0.05, 0.1) is 4.90 Å². The number of carboxylic acid groups (broad SMARTS) is 2. The summed E-state index contributed by atoms with van der Waals surface area (Å²) in [5.41, 5.74) is 0.804. The van der Waals surface area contributed by atoms with E-state index in [9.17, 15) is 18.0 Å². The third-order valence-corrected chi connectivity index (χ3v) is 5.10. The molecule has 0 unspecified atom stereocenters. The minimum atomic E-state index is -4.21. The van der Waals surface area contributed by atoms with E-state index in [1.54, 1.807) is 13.0 Å². The SMILES string of the molecule is Cc1ccc(S(=O)(=O)N(CC(=O)O)CC(=O)O)c(Br)c1. The Hall–Kier alpha value is -1.45. The number of benzene rings is 1. The van der Waals surface area contributed by atoms with Crippen LogP contribution in [-0.2, 0) is 19.6 Å². The second kappa shape index (κ2) is 6.33. The topological polar surface area (TPSA) is 112 Å². The molecule has 0 aliphatic heterocycles. The van der Waals surface area contributed by atoms with Gasteiger partial charge in [-0.25, -0.2) is 8.42 Å². The third-order valence-electron chi connectivity index (χ3n) is 2.33. The van der Waals surface area contributed by atoms with Gasteiger partial charge in [-0.15, -0.1) is 0 Å². The lowest BCUT2D eigenvalue weighted by atomic mass is 10.2. The summed E-state index contributed by atoms with van der Waals surface area (Å²) in [4.78, 5) is 21.2. The van der Waals surface area contributed by atoms with Crippen molar-refractivity contribution in [2.45, 2.75) is 11.8 Å². The smallest absolute Gasteiger partial charge is 0.318 e. The summed E-state index contributed by atoms with van der Waals surface area (Å²) in [6.07, 6.45) is 0. The standard InChI is InChI=1S/C11H12BrNO6S/c1-7-2-3-9(8(12)4-7)20(18,19)13(5-10(14)15)6-11(16)17/h2-4H,5-6H2,1H3,(H,14,15)(H,16,17). The fourth-order valence-corrected chi connectivity index (χ4v) is 3.97. The van der Waals surface area contributed by atoms with Crippen molar-refractivity contribution in [3.63, 3.8) is 0 Å². The van der Waals surface area contributed by atoms with Crippen LogP contribution in [0.5, 0.6) is 0 Å². The highest BCUT2D eigenvalue weighted by atomic mass is 79.9. The Morgan fingerprint density at radius 1 is 1.20 bits per heavy atom. The van der Waals surface area contributed by atoms with Gasteiger partial charge >= 0.3 is 11.9 Å². The zero-order valence-corrected chi connectivity index (χ0v) is 12.8. The Bertz CT molecular complexity index is 626. The summed E-state index contributed by atoms with van der Waals surface area (Å²) in [5, 5.41) is 17.4. The van der Waals surface area contributed by atoms with Crippen LogP contribution in [0.15, 0.2) is 27.6 Å². The van der Waals surface area contributed by atoms with Crippen LogP contribution in [0.3, 0.4) is 0 Å². The molecule has 7 nitrogen and oxygen atoms in total. The molecule has 0 aliphatic carbocycles. The number of aliphatic carboxylic acids is 2. The first kappa shape index (κ1) is 16.6. The molecule has 0 saturated heterocycles. The summed E-state index contributed by atoms with van der Waals surface area (Å²) < 4.78 is 25.3. The average Bonchev–Trinajstić information content (AvgIpc) is 2.26. The van der Waals surface area contributed by atoms with Crippen molar-refractivity contribution in [2.75, 3.05) is 13.1 Å². The molecule has 0 amide bonds. The van der Waals surface area contributed by atoms with Crippen molar-refractivity contribution in [3.05, 3.63) is 28.2 Å². The first-order chi connectivity index (χ1) is 9.14. The van der Waals surface area contributed by atoms with E-state index in [1.807, 2.05) is 0 Å². The fourth-order valence-electron chi connectivity index (χ4n) is 1.48. The monoisotopic (exact) mass is 365 g/mol. The van der Waals surface area contributed by atoms with E-state index in [0.717, 1.165) is 5.56 Å². The molecule has 0 radical (unpaired) electrons. The number of aryl methyl sites for hydroxylation is 1. The maximum absolute atomic E-state index is 12.3. The minimum absolute atomic E-state index is 0.175. The van der Waals surface area contributed by atoms with Crippen LogP contribution in [-0.4, -0.2) is 48.0 Å². The van der Waals surface area contributed by atoms with E-state index >= 15 is 0 Å². The van der Waals surface area contributed by atoms with Gasteiger partial charge in [-0.3, -0.25) is 9.59 Å². The highest BCUT2D eigenvalue weighted by Crippen LogP contribution is 2.26. The zero-order valence-electron chi connectivity index (χ0n) is 10.4. The summed E-state index contributed by atoms with van der Waals surface area (Å²) in [6, 6.07) is 4.38. The van der Waals surface area contributed by atoms with Crippen molar-refractivity contribution in [1.29, 1.82) is 0 Å². The molecule has 2 N–H and O–H groups in total. The predicted octanol–water partition coefficient (Wildman–Crippen LogP) is 0.917. The molecule has 0 aliphatic rings. The summed E-state index contributed by atoms with van der Waals surface area (Å²) >= 11 is 3.08. The Morgan fingerprint density at radius 2 is 1.70 bits per heavy atom. The molecule has 0 aromatic heterocycles. The molecule has 110 valence electrons. The minimum Gasteiger partial charge on any atom is -0.480 e. The summed E-state index contributed by atoms with van der Waals surface area (Å²) in [7, 11) is -4.21. The van der Waals surface area contributed by atoms with Crippen molar-refractivity contribution in [3.8, 4) is 0 Å². The van der Waals surface area contributed by atoms with Gasteiger partial charge in [-0.2, -0.15) is 4.31 Å². The third kappa shape index (κ3) is 4.02. The first-order valence-corrected chi connectivity index (χ1v) is 7.58. The molecule has 1 rings (SSSR count). The molecule has 1 aromatic carbocycles. The molecular weight excluding hydrogens is 354 g/mol. The van der Waals surface area contributed by atoms with E-state index in [-0.39, 0.29) is 9.37 Å². The average molecular weight is 366 g/mol. The number of halogens is 1. The van der Waals surface area contributed by atoms with Crippen LogP contribution in [0, 0.1) is 6.92 Å². The molecule has 0 spiro atoms. The van der Waals surface area contributed by atoms with Crippen molar-refractivity contribution < 1.29 is 28.2 Å². The maximum atomic E-state index is 12.3. The van der Waals surface area contributed by atoms with Crippen molar-refractivity contribution >= 4 is 37.9 Å². The number of nitrogens with zero attached hydrogens (tertiary/aromatic N) is 1. The van der Waals surface area contributed by atoms with Crippen LogP contribution < -0.4 is 0 Å². The van der Waals surface area contributed by atoms with Gasteiger partial charge in [0.15, 0.2) is 0 Å². The molecule has 0 saturated carbocycles. The Morgan fingerprint density at radius 3 is 2.10 bits per heavy atom. The van der Waals surface area contributed by atoms with Crippen LogP contribution in [0.25, 0.3) is 0 Å². The Labute approximate surface area is 124 Å². The Kier molecular flexibility index (Phi) is 5.26. The molecule has 9 heteroatoms. The zero-order chi connectivity index (χ0) is 15.5. The number of hydrogen-bond acceptors (Lipinski definition) is 4. The predicted molar refractivity (Wildman–Crippen MR) is 72.9 cm³/mol. The van der Waals surface area contributed by atoms with Crippen LogP contribution in [0.4, 0.5) is 0 Å². The molecule has 0 fully saturated rings. The van der Waals surface area contributed by atoms with E-state index in [2.05, 4.69) is 15.9 Å². The summed E-state index contributed by atoms with van der Waals surface area (Å²) in [6.45, 7) is -0.0860. The van der Waals surface area contributed by atoms with E-state index in [4.69, 9.17) is 10.2 Å². The largest absolute Gasteiger partial charge is 0.480 e. The van der Waals surface area contributed by atoms with Gasteiger partial charge in [0.25, 0.3) is 0 Å². The Balaban J connectivity index is 3.28. The lowest BCUT2D eigenvalue weighted by molar-refractivity contribution is -0.139. The number of rotatable bonds is 6. The van der Waals surface area contributed by atoms with Crippen LogP contribution >= 0.6 is 15.9 Å². The van der Waals surface area contributed by atoms with Gasteiger partial charge in [0, 0.05) is 4.47 Å². The van der Waals surface area contributed by atoms with Gasteiger partial charge in [0.2, 0.25) is 10.0 Å². The summed E-state index contributed by atoms with van der Waals surface area (Å²) in [5.74, 6) is -2.86. The highest BCUT2D eigenvalue weighted by molar-refractivity contribution is 9.10. The number of carbonyl (C=O) groups is 2. The number of sulfonamides is 1.